The first-order valence-corrected chi connectivity index (χ1v) is 5.69. The van der Waals surface area contributed by atoms with Crippen LogP contribution in [0.2, 0.25) is 0 Å². The predicted molar refractivity (Wildman–Crippen MR) is 58.7 cm³/mol. The van der Waals surface area contributed by atoms with Crippen LogP contribution in [0.5, 0.6) is 0 Å². The zero-order valence-corrected chi connectivity index (χ0v) is 9.49. The van der Waals surface area contributed by atoms with E-state index in [2.05, 4.69) is 23.4 Å². The molecular formula is C12H18N2O. The Hall–Kier alpha value is -1.12. The highest BCUT2D eigenvalue weighted by molar-refractivity contribution is 5.82. The number of aryl methyl sites for hydroxylation is 1. The number of imidazole rings is 1. The minimum Gasteiger partial charge on any atom is -0.334 e. The van der Waals surface area contributed by atoms with E-state index in [0.717, 1.165) is 31.6 Å². The monoisotopic (exact) mass is 206 g/mol. The Morgan fingerprint density at radius 1 is 1.60 bits per heavy atom. The van der Waals surface area contributed by atoms with Crippen LogP contribution in [0.3, 0.4) is 0 Å². The minimum absolute atomic E-state index is 0.0181. The van der Waals surface area contributed by atoms with Gasteiger partial charge in [-0.1, -0.05) is 13.8 Å². The molecule has 1 unspecified atom stereocenters. The Morgan fingerprint density at radius 2 is 2.40 bits per heavy atom. The molecule has 0 aromatic carbocycles. The van der Waals surface area contributed by atoms with Crippen LogP contribution in [0, 0.1) is 0 Å². The van der Waals surface area contributed by atoms with Crippen molar-refractivity contribution in [2.75, 3.05) is 0 Å². The van der Waals surface area contributed by atoms with E-state index in [9.17, 15) is 4.79 Å². The maximum absolute atomic E-state index is 11.4. The average molecular weight is 206 g/mol. The van der Waals surface area contributed by atoms with Gasteiger partial charge >= 0.3 is 0 Å². The molecule has 1 aliphatic rings. The van der Waals surface area contributed by atoms with Gasteiger partial charge in [0.05, 0.1) is 0 Å². The summed E-state index contributed by atoms with van der Waals surface area (Å²) in [4.78, 5) is 15.8. The van der Waals surface area contributed by atoms with E-state index in [0.29, 0.717) is 12.2 Å². The highest BCUT2D eigenvalue weighted by Crippen LogP contribution is 2.37. The van der Waals surface area contributed by atoms with Crippen LogP contribution in [0.25, 0.3) is 0 Å². The van der Waals surface area contributed by atoms with Crippen LogP contribution in [0.4, 0.5) is 0 Å². The van der Waals surface area contributed by atoms with Crippen molar-refractivity contribution in [1.29, 1.82) is 0 Å². The molecule has 1 aromatic rings. The molecule has 0 spiro atoms. The lowest BCUT2D eigenvalue weighted by Gasteiger charge is -2.23. The predicted octanol–water partition coefficient (Wildman–Crippen LogP) is 2.30. The SMILES string of the molecule is CCCn1ccnc1C1(C)CCC(=O)C1. The second kappa shape index (κ2) is 3.80. The van der Waals surface area contributed by atoms with Gasteiger partial charge in [0.15, 0.2) is 0 Å². The van der Waals surface area contributed by atoms with Crippen molar-refractivity contribution < 1.29 is 4.79 Å². The minimum atomic E-state index is -0.0181. The summed E-state index contributed by atoms with van der Waals surface area (Å²) in [6.07, 6.45) is 7.30. The van der Waals surface area contributed by atoms with Gasteiger partial charge in [-0.05, 0) is 12.8 Å². The van der Waals surface area contributed by atoms with Crippen molar-refractivity contribution in [3.05, 3.63) is 18.2 Å². The molecule has 0 radical (unpaired) electrons. The van der Waals surface area contributed by atoms with E-state index in [1.54, 1.807) is 0 Å². The molecule has 0 amide bonds. The van der Waals surface area contributed by atoms with Crippen molar-refractivity contribution in [2.24, 2.45) is 0 Å². The molecule has 1 aliphatic carbocycles. The number of Topliss-reactive ketones (excluding diaryl/α,β-unsaturated/α-hetero) is 1. The number of carbonyl (C=O) groups excluding carboxylic acids is 1. The first-order chi connectivity index (χ1) is 7.15. The highest BCUT2D eigenvalue weighted by Gasteiger charge is 2.38. The molecule has 3 heteroatoms. The number of aromatic nitrogens is 2. The van der Waals surface area contributed by atoms with Gasteiger partial charge < -0.3 is 4.57 Å². The third kappa shape index (κ3) is 1.83. The Labute approximate surface area is 90.5 Å². The fourth-order valence-corrected chi connectivity index (χ4v) is 2.47. The number of rotatable bonds is 3. The summed E-state index contributed by atoms with van der Waals surface area (Å²) in [5.74, 6) is 1.47. The molecule has 15 heavy (non-hydrogen) atoms. The normalized spacial score (nSPS) is 26.1. The third-order valence-electron chi connectivity index (χ3n) is 3.26. The van der Waals surface area contributed by atoms with Crippen molar-refractivity contribution in [3.63, 3.8) is 0 Å². The quantitative estimate of drug-likeness (QED) is 0.760. The molecule has 1 heterocycles. The molecule has 0 bridgehead atoms. The molecule has 1 aromatic heterocycles. The third-order valence-corrected chi connectivity index (χ3v) is 3.26. The highest BCUT2D eigenvalue weighted by atomic mass is 16.1. The molecule has 2 rings (SSSR count). The first-order valence-electron chi connectivity index (χ1n) is 5.69. The van der Waals surface area contributed by atoms with Crippen LogP contribution < -0.4 is 0 Å². The lowest BCUT2D eigenvalue weighted by Crippen LogP contribution is -2.23. The lowest BCUT2D eigenvalue weighted by atomic mass is 9.87. The lowest BCUT2D eigenvalue weighted by molar-refractivity contribution is -0.117. The second-order valence-electron chi connectivity index (χ2n) is 4.72. The fraction of sp³-hybridized carbons (Fsp3) is 0.667. The van der Waals surface area contributed by atoms with Crippen molar-refractivity contribution in [3.8, 4) is 0 Å². The number of hydrogen-bond donors (Lipinski definition) is 0. The van der Waals surface area contributed by atoms with E-state index in [1.807, 2.05) is 12.4 Å². The standard InChI is InChI=1S/C12H18N2O/c1-3-7-14-8-6-13-11(14)12(2)5-4-10(15)9-12/h6,8H,3-5,7,9H2,1-2H3. The molecule has 0 N–H and O–H groups in total. The largest absolute Gasteiger partial charge is 0.334 e. The molecule has 1 fully saturated rings. The number of ketones is 1. The van der Waals surface area contributed by atoms with E-state index >= 15 is 0 Å². The topological polar surface area (TPSA) is 34.9 Å². The summed E-state index contributed by atoms with van der Waals surface area (Å²) in [6, 6.07) is 0. The number of carbonyl (C=O) groups is 1. The van der Waals surface area contributed by atoms with Crippen molar-refractivity contribution in [2.45, 2.75) is 51.5 Å². The van der Waals surface area contributed by atoms with E-state index < -0.39 is 0 Å². The second-order valence-corrected chi connectivity index (χ2v) is 4.72. The van der Waals surface area contributed by atoms with Gasteiger partial charge in [-0.25, -0.2) is 4.98 Å². The Kier molecular flexibility index (Phi) is 2.63. The average Bonchev–Trinajstić information content (AvgIpc) is 2.75. The van der Waals surface area contributed by atoms with Gasteiger partial charge in [-0.3, -0.25) is 4.79 Å². The zero-order chi connectivity index (χ0) is 10.9. The van der Waals surface area contributed by atoms with Crippen LogP contribution in [-0.4, -0.2) is 15.3 Å². The summed E-state index contributed by atoms with van der Waals surface area (Å²) in [5, 5.41) is 0. The van der Waals surface area contributed by atoms with Gasteiger partial charge in [-0.15, -0.1) is 0 Å². The smallest absolute Gasteiger partial charge is 0.133 e. The fourth-order valence-electron chi connectivity index (χ4n) is 2.47. The van der Waals surface area contributed by atoms with Crippen LogP contribution in [0.1, 0.15) is 45.4 Å². The molecule has 0 saturated heterocycles. The van der Waals surface area contributed by atoms with Crippen LogP contribution in [0.15, 0.2) is 12.4 Å². The summed E-state index contributed by atoms with van der Waals surface area (Å²) in [7, 11) is 0. The summed E-state index contributed by atoms with van der Waals surface area (Å²) in [5.41, 5.74) is -0.0181. The van der Waals surface area contributed by atoms with Gasteiger partial charge in [-0.2, -0.15) is 0 Å². The van der Waals surface area contributed by atoms with Crippen LogP contribution >= 0.6 is 0 Å². The van der Waals surface area contributed by atoms with Gasteiger partial charge in [0.2, 0.25) is 0 Å². The van der Waals surface area contributed by atoms with E-state index in [4.69, 9.17) is 0 Å². The maximum Gasteiger partial charge on any atom is 0.133 e. The van der Waals surface area contributed by atoms with E-state index in [1.165, 1.54) is 0 Å². The summed E-state index contributed by atoms with van der Waals surface area (Å²) >= 11 is 0. The summed E-state index contributed by atoms with van der Waals surface area (Å²) in [6.45, 7) is 5.32. The van der Waals surface area contributed by atoms with E-state index in [-0.39, 0.29) is 5.41 Å². The van der Waals surface area contributed by atoms with Gasteiger partial charge in [0.1, 0.15) is 11.6 Å². The molecular weight excluding hydrogens is 188 g/mol. The first kappa shape index (κ1) is 10.4. The Bertz CT molecular complexity index is 369. The van der Waals surface area contributed by atoms with Crippen molar-refractivity contribution in [1.82, 2.24) is 9.55 Å². The molecule has 0 aliphatic heterocycles. The summed E-state index contributed by atoms with van der Waals surface area (Å²) < 4.78 is 2.19. The number of nitrogens with zero attached hydrogens (tertiary/aromatic N) is 2. The molecule has 1 saturated carbocycles. The van der Waals surface area contributed by atoms with Crippen molar-refractivity contribution >= 4 is 5.78 Å². The molecule has 3 nitrogen and oxygen atoms in total. The molecule has 82 valence electrons. The Balaban J connectivity index is 2.28. The van der Waals surface area contributed by atoms with Gasteiger partial charge in [0.25, 0.3) is 0 Å². The Morgan fingerprint density at radius 3 is 3.00 bits per heavy atom. The molecule has 1 atom stereocenters. The maximum atomic E-state index is 11.4. The van der Waals surface area contributed by atoms with Gasteiger partial charge in [0, 0.05) is 37.2 Å². The zero-order valence-electron chi connectivity index (χ0n) is 9.49. The van der Waals surface area contributed by atoms with Crippen LogP contribution in [-0.2, 0) is 16.8 Å². The number of hydrogen-bond acceptors (Lipinski definition) is 2.